The molecule has 0 saturated heterocycles. The molecule has 0 radical (unpaired) electrons. The van der Waals surface area contributed by atoms with Crippen molar-refractivity contribution in [3.05, 3.63) is 58.5 Å². The van der Waals surface area contributed by atoms with Crippen LogP contribution < -0.4 is 0 Å². The Morgan fingerprint density at radius 2 is 1.15 bits per heavy atom. The van der Waals surface area contributed by atoms with Gasteiger partial charge in [0.15, 0.2) is 0 Å². The van der Waals surface area contributed by atoms with Gasteiger partial charge in [0.25, 0.3) is 0 Å². The summed E-state index contributed by atoms with van der Waals surface area (Å²) in [5.74, 6) is 0.141. The Bertz CT molecular complexity index is 1090. The SMILES string of the molecule is CN(CCc1nc2ccccc2s1)C(=O)CCCC(=O)N(C)CCc1nc2ccccc2s1. The van der Waals surface area contributed by atoms with E-state index in [1.807, 2.05) is 50.5 Å². The molecule has 2 aromatic heterocycles. The van der Waals surface area contributed by atoms with Crippen molar-refractivity contribution in [3.63, 3.8) is 0 Å². The fourth-order valence-electron chi connectivity index (χ4n) is 3.60. The van der Waals surface area contributed by atoms with Gasteiger partial charge in [0.2, 0.25) is 11.8 Å². The quantitative estimate of drug-likeness (QED) is 0.328. The maximum atomic E-state index is 12.5. The number of benzene rings is 2. The molecular formula is C25H28N4O2S2. The number of likely N-dealkylation sites (N-methyl/N-ethyl adjacent to an activating group) is 2. The second-order valence-electron chi connectivity index (χ2n) is 8.13. The topological polar surface area (TPSA) is 66.4 Å². The monoisotopic (exact) mass is 480 g/mol. The summed E-state index contributed by atoms with van der Waals surface area (Å²) >= 11 is 3.35. The molecule has 2 heterocycles. The molecule has 0 fully saturated rings. The van der Waals surface area contributed by atoms with Crippen molar-refractivity contribution in [2.75, 3.05) is 27.2 Å². The average Bonchev–Trinajstić information content (AvgIpc) is 3.44. The van der Waals surface area contributed by atoms with Crippen molar-refractivity contribution in [1.29, 1.82) is 0 Å². The average molecular weight is 481 g/mol. The van der Waals surface area contributed by atoms with Gasteiger partial charge in [-0.2, -0.15) is 0 Å². The molecule has 0 unspecified atom stereocenters. The van der Waals surface area contributed by atoms with Crippen LogP contribution in [-0.4, -0.2) is 58.8 Å². The lowest BCUT2D eigenvalue weighted by Crippen LogP contribution is -2.30. The Kier molecular flexibility index (Phi) is 7.67. The number of rotatable bonds is 10. The second-order valence-corrected chi connectivity index (χ2v) is 10.4. The Morgan fingerprint density at radius 1 is 0.727 bits per heavy atom. The van der Waals surface area contributed by atoms with Crippen molar-refractivity contribution >= 4 is 54.9 Å². The Morgan fingerprint density at radius 3 is 1.58 bits per heavy atom. The number of amides is 2. The highest BCUT2D eigenvalue weighted by Crippen LogP contribution is 2.23. The molecule has 0 aliphatic heterocycles. The second kappa shape index (κ2) is 10.9. The van der Waals surface area contributed by atoms with Crippen molar-refractivity contribution in [2.45, 2.75) is 32.1 Å². The van der Waals surface area contributed by atoms with Gasteiger partial charge in [0.05, 0.1) is 30.4 Å². The van der Waals surface area contributed by atoms with Crippen LogP contribution in [0.1, 0.15) is 29.3 Å². The Hall–Kier alpha value is -2.84. The number of hydrogen-bond donors (Lipinski definition) is 0. The molecular weight excluding hydrogens is 452 g/mol. The van der Waals surface area contributed by atoms with Crippen LogP contribution >= 0.6 is 22.7 Å². The minimum absolute atomic E-state index is 0.0704. The number of thiazole rings is 2. The molecule has 8 heteroatoms. The molecule has 33 heavy (non-hydrogen) atoms. The van der Waals surface area contributed by atoms with Gasteiger partial charge in [0.1, 0.15) is 0 Å². The zero-order chi connectivity index (χ0) is 23.2. The van der Waals surface area contributed by atoms with Crippen LogP contribution in [0.25, 0.3) is 20.4 Å². The van der Waals surface area contributed by atoms with Gasteiger partial charge in [0, 0.05) is 52.9 Å². The summed E-state index contributed by atoms with van der Waals surface area (Å²) in [7, 11) is 3.64. The minimum atomic E-state index is 0.0704. The fraction of sp³-hybridized carbons (Fsp3) is 0.360. The van der Waals surface area contributed by atoms with Gasteiger partial charge in [-0.05, 0) is 30.7 Å². The molecule has 4 rings (SSSR count). The molecule has 2 aromatic carbocycles. The predicted octanol–water partition coefficient (Wildman–Crippen LogP) is 4.78. The van der Waals surface area contributed by atoms with Crippen LogP contribution in [0.5, 0.6) is 0 Å². The molecule has 172 valence electrons. The van der Waals surface area contributed by atoms with E-state index < -0.39 is 0 Å². The molecule has 0 atom stereocenters. The molecule has 0 spiro atoms. The van der Waals surface area contributed by atoms with Crippen LogP contribution in [0.2, 0.25) is 0 Å². The third-order valence-corrected chi connectivity index (χ3v) is 7.82. The van der Waals surface area contributed by atoms with Crippen LogP contribution in [-0.2, 0) is 22.4 Å². The molecule has 0 saturated carbocycles. The summed E-state index contributed by atoms with van der Waals surface area (Å²) in [4.78, 5) is 37.7. The third kappa shape index (κ3) is 6.15. The molecule has 0 aliphatic carbocycles. The van der Waals surface area contributed by atoms with Crippen molar-refractivity contribution in [3.8, 4) is 0 Å². The first kappa shape index (κ1) is 23.3. The normalized spacial score (nSPS) is 11.2. The maximum Gasteiger partial charge on any atom is 0.222 e. The lowest BCUT2D eigenvalue weighted by atomic mass is 10.2. The van der Waals surface area contributed by atoms with Crippen LogP contribution in [0.3, 0.4) is 0 Å². The van der Waals surface area contributed by atoms with E-state index in [1.54, 1.807) is 32.5 Å². The van der Waals surface area contributed by atoms with Gasteiger partial charge in [-0.3, -0.25) is 9.59 Å². The smallest absolute Gasteiger partial charge is 0.222 e. The molecule has 4 aromatic rings. The van der Waals surface area contributed by atoms with E-state index in [0.717, 1.165) is 33.9 Å². The van der Waals surface area contributed by atoms with Crippen molar-refractivity contribution < 1.29 is 9.59 Å². The first-order valence-corrected chi connectivity index (χ1v) is 12.8. The number of para-hydroxylation sites is 2. The van der Waals surface area contributed by atoms with E-state index in [2.05, 4.69) is 22.1 Å². The number of aromatic nitrogens is 2. The lowest BCUT2D eigenvalue weighted by molar-refractivity contribution is -0.131. The third-order valence-electron chi connectivity index (χ3n) is 5.63. The highest BCUT2D eigenvalue weighted by Gasteiger charge is 2.14. The largest absolute Gasteiger partial charge is 0.345 e. The van der Waals surface area contributed by atoms with E-state index in [4.69, 9.17) is 0 Å². The van der Waals surface area contributed by atoms with E-state index >= 15 is 0 Å². The van der Waals surface area contributed by atoms with E-state index in [1.165, 1.54) is 9.40 Å². The first-order chi connectivity index (χ1) is 16.0. The standard InChI is InChI=1S/C25H28N4O2S2/c1-28(16-14-22-26-18-8-3-5-10-20(18)32-22)24(30)12-7-13-25(31)29(2)17-15-23-27-19-9-4-6-11-21(19)33-23/h3-6,8-11H,7,12-17H2,1-2H3. The zero-order valence-electron chi connectivity index (χ0n) is 19.0. The van der Waals surface area contributed by atoms with Gasteiger partial charge >= 0.3 is 0 Å². The molecule has 2 amide bonds. The highest BCUT2D eigenvalue weighted by atomic mass is 32.1. The van der Waals surface area contributed by atoms with Gasteiger partial charge in [-0.25, -0.2) is 9.97 Å². The summed E-state index contributed by atoms with van der Waals surface area (Å²) in [5.41, 5.74) is 2.02. The first-order valence-electron chi connectivity index (χ1n) is 11.2. The van der Waals surface area contributed by atoms with Crippen LogP contribution in [0.15, 0.2) is 48.5 Å². The number of nitrogens with zero attached hydrogens (tertiary/aromatic N) is 4. The number of carbonyl (C=O) groups excluding carboxylic acids is 2. The molecule has 0 aliphatic rings. The lowest BCUT2D eigenvalue weighted by Gasteiger charge is -2.18. The molecule has 0 bridgehead atoms. The maximum absolute atomic E-state index is 12.5. The van der Waals surface area contributed by atoms with E-state index in [-0.39, 0.29) is 11.8 Å². The summed E-state index contributed by atoms with van der Waals surface area (Å²) in [5, 5.41) is 2.08. The van der Waals surface area contributed by atoms with Gasteiger partial charge in [-0.15, -0.1) is 22.7 Å². The Labute approximate surface area is 201 Å². The predicted molar refractivity (Wildman–Crippen MR) is 136 cm³/mol. The van der Waals surface area contributed by atoms with Crippen LogP contribution in [0.4, 0.5) is 0 Å². The number of hydrogen-bond acceptors (Lipinski definition) is 6. The summed E-state index contributed by atoms with van der Waals surface area (Å²) in [6.45, 7) is 1.27. The van der Waals surface area contributed by atoms with E-state index in [0.29, 0.717) is 32.4 Å². The highest BCUT2D eigenvalue weighted by molar-refractivity contribution is 7.18. The minimum Gasteiger partial charge on any atom is -0.345 e. The Balaban J connectivity index is 1.15. The van der Waals surface area contributed by atoms with E-state index in [9.17, 15) is 9.59 Å². The van der Waals surface area contributed by atoms with Crippen molar-refractivity contribution in [2.24, 2.45) is 0 Å². The summed E-state index contributed by atoms with van der Waals surface area (Å²) in [6.07, 6.45) is 2.82. The van der Waals surface area contributed by atoms with Gasteiger partial charge < -0.3 is 9.80 Å². The molecule has 0 N–H and O–H groups in total. The van der Waals surface area contributed by atoms with Crippen LogP contribution in [0, 0.1) is 0 Å². The fourth-order valence-corrected chi connectivity index (χ4v) is 5.51. The number of carbonyl (C=O) groups is 2. The van der Waals surface area contributed by atoms with Gasteiger partial charge in [-0.1, -0.05) is 24.3 Å². The summed E-state index contributed by atoms with van der Waals surface area (Å²) in [6, 6.07) is 16.2. The van der Waals surface area contributed by atoms with Crippen molar-refractivity contribution in [1.82, 2.24) is 19.8 Å². The molecule has 6 nitrogen and oxygen atoms in total. The summed E-state index contributed by atoms with van der Waals surface area (Å²) < 4.78 is 2.35. The zero-order valence-corrected chi connectivity index (χ0v) is 20.6. The number of fused-ring (bicyclic) bond motifs is 2.